The Morgan fingerprint density at radius 3 is 2.88 bits per heavy atom. The molecule has 0 bridgehead atoms. The van der Waals surface area contributed by atoms with Gasteiger partial charge in [-0.2, -0.15) is 5.26 Å². The van der Waals surface area contributed by atoms with Crippen LogP contribution in [0, 0.1) is 18.3 Å². The van der Waals surface area contributed by atoms with Crippen LogP contribution in [0.2, 0.25) is 0 Å². The van der Waals surface area contributed by atoms with Crippen molar-refractivity contribution in [2.75, 3.05) is 0 Å². The molecule has 2 aromatic rings. The third kappa shape index (κ3) is 3.08. The molecule has 0 spiro atoms. The lowest BCUT2D eigenvalue weighted by Crippen LogP contribution is -1.87. The Labute approximate surface area is 105 Å². The standard InChI is InChI=1S/C14H12N2S/c1-11-4-2-3-5-13(11)10-17-14-8-12(9-15)6-7-16-14/h2-8H,10H2,1H3. The van der Waals surface area contributed by atoms with Crippen LogP contribution < -0.4 is 0 Å². The molecule has 2 rings (SSSR count). The first-order valence-corrected chi connectivity index (χ1v) is 6.31. The molecule has 2 nitrogen and oxygen atoms in total. The van der Waals surface area contributed by atoms with Crippen LogP contribution in [0.3, 0.4) is 0 Å². The highest BCUT2D eigenvalue weighted by Crippen LogP contribution is 2.22. The number of nitriles is 1. The molecule has 0 saturated heterocycles. The van der Waals surface area contributed by atoms with Crippen molar-refractivity contribution in [2.24, 2.45) is 0 Å². The monoisotopic (exact) mass is 240 g/mol. The van der Waals surface area contributed by atoms with E-state index >= 15 is 0 Å². The molecule has 17 heavy (non-hydrogen) atoms. The molecule has 0 atom stereocenters. The van der Waals surface area contributed by atoms with E-state index in [-0.39, 0.29) is 0 Å². The maximum atomic E-state index is 8.80. The van der Waals surface area contributed by atoms with E-state index in [1.54, 1.807) is 24.0 Å². The summed E-state index contributed by atoms with van der Waals surface area (Å²) in [7, 11) is 0. The lowest BCUT2D eigenvalue weighted by atomic mass is 10.1. The third-order valence-electron chi connectivity index (χ3n) is 2.50. The molecule has 0 aliphatic carbocycles. The van der Waals surface area contributed by atoms with Crippen molar-refractivity contribution in [1.82, 2.24) is 4.98 Å². The van der Waals surface area contributed by atoms with E-state index < -0.39 is 0 Å². The second kappa shape index (κ2) is 5.51. The predicted octanol–water partition coefficient (Wildman–Crippen LogP) is 3.55. The molecule has 0 amide bonds. The maximum Gasteiger partial charge on any atom is 0.0993 e. The fourth-order valence-electron chi connectivity index (χ4n) is 1.48. The highest BCUT2D eigenvalue weighted by molar-refractivity contribution is 7.98. The molecule has 0 fully saturated rings. The molecule has 0 aliphatic heterocycles. The van der Waals surface area contributed by atoms with Crippen molar-refractivity contribution >= 4 is 11.8 Å². The second-order valence-electron chi connectivity index (χ2n) is 3.71. The molecular weight excluding hydrogens is 228 g/mol. The fraction of sp³-hybridized carbons (Fsp3) is 0.143. The Morgan fingerprint density at radius 1 is 1.29 bits per heavy atom. The molecule has 0 aliphatic rings. The van der Waals surface area contributed by atoms with Crippen LogP contribution in [-0.2, 0) is 5.75 Å². The van der Waals surface area contributed by atoms with Gasteiger partial charge >= 0.3 is 0 Å². The number of hydrogen-bond acceptors (Lipinski definition) is 3. The van der Waals surface area contributed by atoms with Gasteiger partial charge in [-0.25, -0.2) is 4.98 Å². The second-order valence-corrected chi connectivity index (χ2v) is 4.71. The summed E-state index contributed by atoms with van der Waals surface area (Å²) in [4.78, 5) is 4.24. The van der Waals surface area contributed by atoms with Gasteiger partial charge in [-0.05, 0) is 30.2 Å². The van der Waals surface area contributed by atoms with Crippen LogP contribution in [-0.4, -0.2) is 4.98 Å². The fourth-order valence-corrected chi connectivity index (χ4v) is 2.45. The first kappa shape index (κ1) is 11.7. The first-order chi connectivity index (χ1) is 8.29. The van der Waals surface area contributed by atoms with Gasteiger partial charge in [0.05, 0.1) is 16.7 Å². The molecule has 0 unspecified atom stereocenters. The molecule has 0 radical (unpaired) electrons. The Bertz CT molecular complexity index is 558. The van der Waals surface area contributed by atoms with E-state index in [2.05, 4.69) is 30.1 Å². The topological polar surface area (TPSA) is 36.7 Å². The van der Waals surface area contributed by atoms with Crippen molar-refractivity contribution in [3.8, 4) is 6.07 Å². The average Bonchev–Trinajstić information content (AvgIpc) is 2.38. The normalized spacial score (nSPS) is 9.88. The van der Waals surface area contributed by atoms with E-state index in [4.69, 9.17) is 5.26 Å². The Balaban J connectivity index is 2.08. The minimum absolute atomic E-state index is 0.660. The summed E-state index contributed by atoms with van der Waals surface area (Å²) in [5.74, 6) is 0.883. The molecule has 1 heterocycles. The Hall–Kier alpha value is -1.79. The summed E-state index contributed by atoms with van der Waals surface area (Å²) in [5.41, 5.74) is 3.25. The van der Waals surface area contributed by atoms with Crippen LogP contribution in [0.15, 0.2) is 47.6 Å². The number of nitrogens with zero attached hydrogens (tertiary/aromatic N) is 2. The van der Waals surface area contributed by atoms with Crippen molar-refractivity contribution in [1.29, 1.82) is 5.26 Å². The maximum absolute atomic E-state index is 8.80. The lowest BCUT2D eigenvalue weighted by Gasteiger charge is -2.04. The van der Waals surface area contributed by atoms with Crippen molar-refractivity contribution in [2.45, 2.75) is 17.7 Å². The quantitative estimate of drug-likeness (QED) is 0.770. The summed E-state index contributed by atoms with van der Waals surface area (Å²) < 4.78 is 0. The van der Waals surface area contributed by atoms with E-state index in [9.17, 15) is 0 Å². The van der Waals surface area contributed by atoms with E-state index in [1.165, 1.54) is 11.1 Å². The summed E-state index contributed by atoms with van der Waals surface area (Å²) >= 11 is 1.65. The van der Waals surface area contributed by atoms with Gasteiger partial charge in [0.15, 0.2) is 0 Å². The molecule has 84 valence electrons. The molecule has 0 saturated carbocycles. The van der Waals surface area contributed by atoms with Crippen LogP contribution in [0.4, 0.5) is 0 Å². The average molecular weight is 240 g/mol. The van der Waals surface area contributed by atoms with Crippen molar-refractivity contribution in [3.63, 3.8) is 0 Å². The number of hydrogen-bond donors (Lipinski definition) is 0. The van der Waals surface area contributed by atoms with Gasteiger partial charge in [-0.15, -0.1) is 11.8 Å². The zero-order valence-electron chi connectivity index (χ0n) is 9.55. The molecule has 3 heteroatoms. The summed E-state index contributed by atoms with van der Waals surface area (Å²) in [6, 6.07) is 14.0. The van der Waals surface area contributed by atoms with Gasteiger partial charge in [0.1, 0.15) is 0 Å². The van der Waals surface area contributed by atoms with Crippen LogP contribution in [0.25, 0.3) is 0 Å². The van der Waals surface area contributed by atoms with Gasteiger partial charge < -0.3 is 0 Å². The highest BCUT2D eigenvalue weighted by Gasteiger charge is 2.01. The van der Waals surface area contributed by atoms with Gasteiger partial charge in [-0.3, -0.25) is 0 Å². The Morgan fingerprint density at radius 2 is 2.12 bits per heavy atom. The van der Waals surface area contributed by atoms with Gasteiger partial charge in [0.25, 0.3) is 0 Å². The van der Waals surface area contributed by atoms with Crippen LogP contribution >= 0.6 is 11.8 Å². The zero-order valence-corrected chi connectivity index (χ0v) is 10.4. The minimum Gasteiger partial charge on any atom is -0.250 e. The number of pyridine rings is 1. The molecule has 0 N–H and O–H groups in total. The van der Waals surface area contributed by atoms with Crippen LogP contribution in [0.5, 0.6) is 0 Å². The minimum atomic E-state index is 0.660. The third-order valence-corrected chi connectivity index (χ3v) is 3.48. The number of aryl methyl sites for hydroxylation is 1. The number of rotatable bonds is 3. The highest BCUT2D eigenvalue weighted by atomic mass is 32.2. The number of aromatic nitrogens is 1. The number of thioether (sulfide) groups is 1. The Kier molecular flexibility index (Phi) is 3.79. The summed E-state index contributed by atoms with van der Waals surface area (Å²) in [6.07, 6.45) is 1.68. The number of benzene rings is 1. The van der Waals surface area contributed by atoms with E-state index in [0.717, 1.165) is 10.8 Å². The van der Waals surface area contributed by atoms with Crippen LogP contribution in [0.1, 0.15) is 16.7 Å². The van der Waals surface area contributed by atoms with Gasteiger partial charge in [-0.1, -0.05) is 24.3 Å². The van der Waals surface area contributed by atoms with E-state index in [1.807, 2.05) is 18.2 Å². The largest absolute Gasteiger partial charge is 0.250 e. The molecular formula is C14H12N2S. The summed E-state index contributed by atoms with van der Waals surface area (Å²) in [6.45, 7) is 2.11. The molecule has 1 aromatic carbocycles. The zero-order chi connectivity index (χ0) is 12.1. The predicted molar refractivity (Wildman–Crippen MR) is 69.7 cm³/mol. The van der Waals surface area contributed by atoms with E-state index in [0.29, 0.717) is 5.56 Å². The SMILES string of the molecule is Cc1ccccc1CSc1cc(C#N)ccn1. The smallest absolute Gasteiger partial charge is 0.0993 e. The lowest BCUT2D eigenvalue weighted by molar-refractivity contribution is 1.12. The summed E-state index contributed by atoms with van der Waals surface area (Å²) in [5, 5.41) is 9.70. The van der Waals surface area contributed by atoms with Crippen molar-refractivity contribution in [3.05, 3.63) is 59.3 Å². The van der Waals surface area contributed by atoms with Crippen molar-refractivity contribution < 1.29 is 0 Å². The first-order valence-electron chi connectivity index (χ1n) is 5.33. The van der Waals surface area contributed by atoms with Gasteiger partial charge in [0.2, 0.25) is 0 Å². The molecule has 1 aromatic heterocycles. The van der Waals surface area contributed by atoms with Gasteiger partial charge in [0, 0.05) is 11.9 Å².